The number of carbonyl (C=O) groups excluding carboxylic acids is 1. The van der Waals surface area contributed by atoms with E-state index in [1.54, 1.807) is 30.3 Å². The van der Waals surface area contributed by atoms with E-state index in [4.69, 9.17) is 0 Å². The van der Waals surface area contributed by atoms with E-state index in [0.717, 1.165) is 24.3 Å². The van der Waals surface area contributed by atoms with Gasteiger partial charge in [-0.2, -0.15) is 30.7 Å². The number of Topliss-reactive ketones (excluding diaryl/α,β-unsaturated/α-hetero) is 1. The summed E-state index contributed by atoms with van der Waals surface area (Å²) in [6.07, 6.45) is -19.1. The molecule has 0 aliphatic carbocycles. The molecule has 41 heavy (non-hydrogen) atoms. The number of aliphatic hydroxyl groups is 1. The summed E-state index contributed by atoms with van der Waals surface area (Å²) in [5.74, 6) is -3.51. The van der Waals surface area contributed by atoms with E-state index in [1.807, 2.05) is 0 Å². The molecule has 2 atom stereocenters. The Bertz CT molecular complexity index is 1300. The van der Waals surface area contributed by atoms with Crippen LogP contribution in [-0.2, 0) is 16.6 Å². The summed E-state index contributed by atoms with van der Waals surface area (Å²) >= 11 is 0. The molecule has 0 unspecified atom stereocenters. The quantitative estimate of drug-likeness (QED) is 0.206. The largest absolute Gasteiger partial charge is 0.461 e. The summed E-state index contributed by atoms with van der Waals surface area (Å²) in [6.45, 7) is 0. The van der Waals surface area contributed by atoms with Crippen LogP contribution in [0.4, 0.5) is 39.5 Å². The summed E-state index contributed by atoms with van der Waals surface area (Å²) in [6, 6.07) is 15.0. The first-order valence-corrected chi connectivity index (χ1v) is 12.3. The minimum atomic E-state index is -4.98. The molecule has 0 radical (unpaired) electrons. The monoisotopic (exact) mass is 592 g/mol. The maximum atomic E-state index is 14.8. The Labute approximate surface area is 229 Å². The molecule has 0 amide bonds. The maximum absolute atomic E-state index is 14.8. The van der Waals surface area contributed by atoms with Crippen molar-refractivity contribution in [3.05, 3.63) is 101 Å². The zero-order chi connectivity index (χ0) is 30.4. The molecule has 0 bridgehead atoms. The second kappa shape index (κ2) is 13.0. The molecule has 0 fully saturated rings. The highest BCUT2D eigenvalue weighted by atomic mass is 19.4. The van der Waals surface area contributed by atoms with Gasteiger partial charge in [0, 0.05) is 24.3 Å². The van der Waals surface area contributed by atoms with Gasteiger partial charge in [-0.05, 0) is 53.8 Å². The molecule has 3 aromatic carbocycles. The van der Waals surface area contributed by atoms with E-state index >= 15 is 0 Å². The Morgan fingerprint density at radius 2 is 1.46 bits per heavy atom. The molecule has 0 aromatic heterocycles. The summed E-state index contributed by atoms with van der Waals surface area (Å²) in [5, 5.41) is 9.75. The molecule has 0 heterocycles. The summed E-state index contributed by atoms with van der Waals surface area (Å²) < 4.78 is 124. The zero-order valence-corrected chi connectivity index (χ0v) is 21.3. The van der Waals surface area contributed by atoms with E-state index in [9.17, 15) is 49.4 Å². The molecule has 1 N–H and O–H groups in total. The second-order valence-corrected chi connectivity index (χ2v) is 9.62. The van der Waals surface area contributed by atoms with Gasteiger partial charge in [0.05, 0.1) is 12.5 Å². The van der Waals surface area contributed by atoms with E-state index in [-0.39, 0.29) is 17.5 Å². The lowest BCUT2D eigenvalue weighted by Crippen LogP contribution is -2.35. The van der Waals surface area contributed by atoms with Gasteiger partial charge in [-0.3, -0.25) is 4.79 Å². The first-order chi connectivity index (χ1) is 19.1. The van der Waals surface area contributed by atoms with Crippen LogP contribution in [0.2, 0.25) is 0 Å². The molecule has 222 valence electrons. The standard InChI is InChI=1S/C29H25F9O3/c30-21-8-6-19(7-9-21)27(15-18-4-2-1-3-5-18,16-23(39)10-11-24(40)17-28(34,35)36)20-12-22(31)14-25(13-20)41-29(37,38)26(32)33/h1-9,12-14,24,26,40H,10-11,15-17H2/t24-,27+/m0/s1. The number of carbonyl (C=O) groups is 1. The van der Waals surface area contributed by atoms with Crippen LogP contribution < -0.4 is 4.74 Å². The highest BCUT2D eigenvalue weighted by molar-refractivity contribution is 5.81. The van der Waals surface area contributed by atoms with Gasteiger partial charge in [0.25, 0.3) is 0 Å². The average molecular weight is 592 g/mol. The van der Waals surface area contributed by atoms with Crippen molar-refractivity contribution in [3.63, 3.8) is 0 Å². The van der Waals surface area contributed by atoms with E-state index in [1.165, 1.54) is 12.1 Å². The topological polar surface area (TPSA) is 46.5 Å². The SMILES string of the molecule is O=C(CC[C@H](O)CC(F)(F)F)C[C@](Cc1ccccc1)(c1ccc(F)cc1)c1cc(F)cc(OC(F)(F)C(F)F)c1. The van der Waals surface area contributed by atoms with Crippen molar-refractivity contribution in [1.82, 2.24) is 0 Å². The lowest BCUT2D eigenvalue weighted by atomic mass is 9.67. The van der Waals surface area contributed by atoms with E-state index in [2.05, 4.69) is 4.74 Å². The highest BCUT2D eigenvalue weighted by Gasteiger charge is 2.45. The van der Waals surface area contributed by atoms with E-state index < -0.39 is 79.1 Å². The molecule has 3 aromatic rings. The van der Waals surface area contributed by atoms with Crippen molar-refractivity contribution in [3.8, 4) is 5.75 Å². The molecule has 0 aliphatic rings. The Morgan fingerprint density at radius 3 is 2.05 bits per heavy atom. The Morgan fingerprint density at radius 1 is 0.829 bits per heavy atom. The van der Waals surface area contributed by atoms with Gasteiger partial charge in [0.15, 0.2) is 0 Å². The highest BCUT2D eigenvalue weighted by Crippen LogP contribution is 2.42. The van der Waals surface area contributed by atoms with Crippen molar-refractivity contribution >= 4 is 5.78 Å². The van der Waals surface area contributed by atoms with Crippen LogP contribution in [0.25, 0.3) is 0 Å². The van der Waals surface area contributed by atoms with Crippen LogP contribution in [0.3, 0.4) is 0 Å². The molecule has 0 saturated heterocycles. The predicted molar refractivity (Wildman–Crippen MR) is 131 cm³/mol. The third-order valence-electron chi connectivity index (χ3n) is 6.40. The first kappa shape index (κ1) is 32.0. The molecular weight excluding hydrogens is 567 g/mol. The molecule has 0 spiro atoms. The number of halogens is 9. The summed E-state index contributed by atoms with van der Waals surface area (Å²) in [7, 11) is 0. The predicted octanol–water partition coefficient (Wildman–Crippen LogP) is 7.78. The van der Waals surface area contributed by atoms with Crippen LogP contribution >= 0.6 is 0 Å². The average Bonchev–Trinajstić information content (AvgIpc) is 2.86. The summed E-state index contributed by atoms with van der Waals surface area (Å²) in [5.41, 5.74) is -1.07. The number of alkyl halides is 7. The number of ketones is 1. The maximum Gasteiger partial charge on any atom is 0.461 e. The number of benzene rings is 3. The zero-order valence-electron chi connectivity index (χ0n) is 21.3. The van der Waals surface area contributed by atoms with E-state index in [0.29, 0.717) is 11.6 Å². The molecule has 12 heteroatoms. The number of hydrogen-bond acceptors (Lipinski definition) is 3. The van der Waals surface area contributed by atoms with Gasteiger partial charge in [-0.1, -0.05) is 42.5 Å². The van der Waals surface area contributed by atoms with Crippen LogP contribution in [0.15, 0.2) is 72.8 Å². The van der Waals surface area contributed by atoms with Crippen molar-refractivity contribution in [2.75, 3.05) is 0 Å². The molecular formula is C29H25F9O3. The fourth-order valence-corrected chi connectivity index (χ4v) is 4.57. The van der Waals surface area contributed by atoms with Crippen LogP contribution in [0.5, 0.6) is 5.75 Å². The van der Waals surface area contributed by atoms with Gasteiger partial charge in [-0.25, -0.2) is 8.78 Å². The molecule has 0 aliphatic heterocycles. The fraction of sp³-hybridized carbons (Fsp3) is 0.345. The van der Waals surface area contributed by atoms with Gasteiger partial charge < -0.3 is 9.84 Å². The minimum absolute atomic E-state index is 0.121. The van der Waals surface area contributed by atoms with Gasteiger partial charge in [0.2, 0.25) is 0 Å². The van der Waals surface area contributed by atoms with Crippen molar-refractivity contribution in [1.29, 1.82) is 0 Å². The number of aliphatic hydroxyl groups excluding tert-OH is 1. The third-order valence-corrected chi connectivity index (χ3v) is 6.40. The Kier molecular flexibility index (Phi) is 10.1. The Hall–Kier alpha value is -3.54. The first-order valence-electron chi connectivity index (χ1n) is 12.3. The van der Waals surface area contributed by atoms with Gasteiger partial charge in [0.1, 0.15) is 23.2 Å². The van der Waals surface area contributed by atoms with Crippen LogP contribution in [-0.4, -0.2) is 35.7 Å². The van der Waals surface area contributed by atoms with Crippen molar-refractivity contribution in [2.45, 2.75) is 62.3 Å². The number of rotatable bonds is 13. The van der Waals surface area contributed by atoms with Crippen LogP contribution in [0.1, 0.15) is 42.4 Å². The smallest absolute Gasteiger partial charge is 0.428 e. The van der Waals surface area contributed by atoms with Crippen molar-refractivity contribution < 1.29 is 54.2 Å². The number of ether oxygens (including phenoxy) is 1. The summed E-state index contributed by atoms with van der Waals surface area (Å²) in [4.78, 5) is 13.2. The lowest BCUT2D eigenvalue weighted by Gasteiger charge is -2.36. The fourth-order valence-electron chi connectivity index (χ4n) is 4.57. The molecule has 0 saturated carbocycles. The third kappa shape index (κ3) is 8.97. The van der Waals surface area contributed by atoms with Crippen LogP contribution in [0, 0.1) is 11.6 Å². The lowest BCUT2D eigenvalue weighted by molar-refractivity contribution is -0.253. The van der Waals surface area contributed by atoms with Gasteiger partial charge >= 0.3 is 18.7 Å². The Balaban J connectivity index is 2.13. The normalized spacial score (nSPS) is 14.5. The van der Waals surface area contributed by atoms with Crippen molar-refractivity contribution in [2.24, 2.45) is 0 Å². The number of hydrogen-bond donors (Lipinski definition) is 1. The van der Waals surface area contributed by atoms with Gasteiger partial charge in [-0.15, -0.1) is 0 Å². The molecule has 3 nitrogen and oxygen atoms in total. The minimum Gasteiger partial charge on any atom is -0.428 e. The molecule has 3 rings (SSSR count). The second-order valence-electron chi connectivity index (χ2n) is 9.62.